The lowest BCUT2D eigenvalue weighted by atomic mass is 10.2. The topological polar surface area (TPSA) is 50.8 Å². The second kappa shape index (κ2) is 5.37. The first kappa shape index (κ1) is 12.2. The fourth-order valence-corrected chi connectivity index (χ4v) is 1.65. The van der Waals surface area contributed by atoms with Crippen molar-refractivity contribution in [2.45, 2.75) is 20.4 Å². The van der Waals surface area contributed by atoms with Crippen LogP contribution >= 0.6 is 0 Å². The van der Waals surface area contributed by atoms with Gasteiger partial charge in [0.25, 0.3) is 0 Å². The van der Waals surface area contributed by atoms with Gasteiger partial charge in [-0.15, -0.1) is 0 Å². The SMILES string of the molecule is CC(C)Cn1cc(Oc2ccccc2C#N)cn1. The second-order valence-electron chi connectivity index (χ2n) is 4.50. The molecule has 1 heterocycles. The molecule has 0 aliphatic carbocycles. The Morgan fingerprint density at radius 1 is 1.39 bits per heavy atom. The minimum absolute atomic E-state index is 0.522. The maximum absolute atomic E-state index is 8.97. The average Bonchev–Trinajstić information content (AvgIpc) is 2.76. The van der Waals surface area contributed by atoms with Crippen LogP contribution in [0.15, 0.2) is 36.7 Å². The Morgan fingerprint density at radius 2 is 2.17 bits per heavy atom. The molecule has 0 spiro atoms. The van der Waals surface area contributed by atoms with E-state index in [-0.39, 0.29) is 0 Å². The summed E-state index contributed by atoms with van der Waals surface area (Å²) in [5.41, 5.74) is 0.522. The maximum Gasteiger partial charge on any atom is 0.165 e. The highest BCUT2D eigenvalue weighted by Crippen LogP contribution is 2.24. The zero-order valence-electron chi connectivity index (χ0n) is 10.5. The molecule has 4 heteroatoms. The number of benzene rings is 1. The number of hydrogen-bond acceptors (Lipinski definition) is 3. The fraction of sp³-hybridized carbons (Fsp3) is 0.286. The van der Waals surface area contributed by atoms with E-state index < -0.39 is 0 Å². The predicted octanol–water partition coefficient (Wildman–Crippen LogP) is 3.20. The van der Waals surface area contributed by atoms with Crippen LogP contribution in [0.2, 0.25) is 0 Å². The molecule has 0 aliphatic rings. The molecule has 0 unspecified atom stereocenters. The van der Waals surface area contributed by atoms with Crippen molar-refractivity contribution >= 4 is 0 Å². The molecule has 0 aliphatic heterocycles. The molecule has 0 atom stereocenters. The quantitative estimate of drug-likeness (QED) is 0.825. The van der Waals surface area contributed by atoms with Gasteiger partial charge >= 0.3 is 0 Å². The minimum atomic E-state index is 0.522. The van der Waals surface area contributed by atoms with Crippen LogP contribution in [-0.2, 0) is 6.54 Å². The van der Waals surface area contributed by atoms with Crippen molar-refractivity contribution in [3.63, 3.8) is 0 Å². The lowest BCUT2D eigenvalue weighted by molar-refractivity contribution is 0.467. The highest BCUT2D eigenvalue weighted by atomic mass is 16.5. The number of para-hydroxylation sites is 1. The predicted molar refractivity (Wildman–Crippen MR) is 68.3 cm³/mol. The summed E-state index contributed by atoms with van der Waals surface area (Å²) in [6.07, 6.45) is 3.50. The highest BCUT2D eigenvalue weighted by molar-refractivity contribution is 5.44. The molecular formula is C14H15N3O. The van der Waals surface area contributed by atoms with Crippen molar-refractivity contribution in [3.8, 4) is 17.6 Å². The van der Waals surface area contributed by atoms with Gasteiger partial charge in [0.2, 0.25) is 0 Å². The summed E-state index contributed by atoms with van der Waals surface area (Å²) in [6.45, 7) is 5.11. The molecule has 4 nitrogen and oxygen atoms in total. The number of ether oxygens (including phenoxy) is 1. The van der Waals surface area contributed by atoms with Crippen LogP contribution in [0.1, 0.15) is 19.4 Å². The van der Waals surface area contributed by atoms with Gasteiger partial charge in [0.05, 0.1) is 18.0 Å². The molecular weight excluding hydrogens is 226 g/mol. The number of nitriles is 1. The van der Waals surface area contributed by atoms with E-state index in [4.69, 9.17) is 10.00 Å². The Labute approximate surface area is 106 Å². The summed E-state index contributed by atoms with van der Waals surface area (Å²) in [4.78, 5) is 0. The standard InChI is InChI=1S/C14H15N3O/c1-11(2)9-17-10-13(8-16-17)18-14-6-4-3-5-12(14)7-15/h3-6,8,10-11H,9H2,1-2H3. The zero-order valence-corrected chi connectivity index (χ0v) is 10.5. The maximum atomic E-state index is 8.97. The van der Waals surface area contributed by atoms with Crippen LogP contribution in [0.5, 0.6) is 11.5 Å². The van der Waals surface area contributed by atoms with Crippen LogP contribution < -0.4 is 4.74 Å². The van der Waals surface area contributed by atoms with Gasteiger partial charge in [-0.05, 0) is 18.1 Å². The van der Waals surface area contributed by atoms with Crippen molar-refractivity contribution < 1.29 is 4.74 Å². The normalized spacial score (nSPS) is 10.3. The van der Waals surface area contributed by atoms with Gasteiger partial charge in [-0.1, -0.05) is 26.0 Å². The van der Waals surface area contributed by atoms with E-state index in [9.17, 15) is 0 Å². The lowest BCUT2D eigenvalue weighted by Crippen LogP contribution is -2.03. The summed E-state index contributed by atoms with van der Waals surface area (Å²) in [5, 5.41) is 13.2. The van der Waals surface area contributed by atoms with Crippen LogP contribution in [0.3, 0.4) is 0 Å². The number of aromatic nitrogens is 2. The molecule has 1 aromatic carbocycles. The third kappa shape index (κ3) is 2.89. The Bertz CT molecular complexity index is 566. The highest BCUT2D eigenvalue weighted by Gasteiger charge is 2.06. The van der Waals surface area contributed by atoms with Gasteiger partial charge in [-0.2, -0.15) is 10.4 Å². The van der Waals surface area contributed by atoms with Crippen molar-refractivity contribution in [1.29, 1.82) is 5.26 Å². The molecule has 2 aromatic rings. The van der Waals surface area contributed by atoms with Gasteiger partial charge in [0.15, 0.2) is 5.75 Å². The Hall–Kier alpha value is -2.28. The Kier molecular flexibility index (Phi) is 3.63. The monoisotopic (exact) mass is 241 g/mol. The number of nitrogens with zero attached hydrogens (tertiary/aromatic N) is 3. The summed E-state index contributed by atoms with van der Waals surface area (Å²) in [7, 11) is 0. The van der Waals surface area contributed by atoms with Crippen LogP contribution in [0.25, 0.3) is 0 Å². The van der Waals surface area contributed by atoms with Gasteiger partial charge in [0.1, 0.15) is 11.8 Å². The first-order valence-corrected chi connectivity index (χ1v) is 5.88. The van der Waals surface area contributed by atoms with E-state index in [0.717, 1.165) is 6.54 Å². The van der Waals surface area contributed by atoms with Gasteiger partial charge < -0.3 is 4.74 Å². The molecule has 1 aromatic heterocycles. The molecule has 0 saturated heterocycles. The van der Waals surface area contributed by atoms with Gasteiger partial charge in [-0.25, -0.2) is 0 Å². The van der Waals surface area contributed by atoms with Crippen molar-refractivity contribution in [1.82, 2.24) is 9.78 Å². The number of hydrogen-bond donors (Lipinski definition) is 0. The summed E-state index contributed by atoms with van der Waals surface area (Å²) >= 11 is 0. The van der Waals surface area contributed by atoms with Gasteiger partial charge in [-0.3, -0.25) is 4.68 Å². The third-order valence-corrected chi connectivity index (χ3v) is 2.40. The molecule has 0 amide bonds. The van der Waals surface area contributed by atoms with Crippen LogP contribution in [0.4, 0.5) is 0 Å². The van der Waals surface area contributed by atoms with Gasteiger partial charge in [0, 0.05) is 6.54 Å². The van der Waals surface area contributed by atoms with E-state index in [1.54, 1.807) is 18.3 Å². The molecule has 0 fully saturated rings. The average molecular weight is 241 g/mol. The molecule has 2 rings (SSSR count). The summed E-state index contributed by atoms with van der Waals surface area (Å²) in [6, 6.07) is 9.26. The smallest absolute Gasteiger partial charge is 0.165 e. The van der Waals surface area contributed by atoms with E-state index in [1.165, 1.54) is 0 Å². The van der Waals surface area contributed by atoms with E-state index in [0.29, 0.717) is 23.0 Å². The van der Waals surface area contributed by atoms with Crippen LogP contribution in [0, 0.1) is 17.2 Å². The largest absolute Gasteiger partial charge is 0.453 e. The molecule has 0 radical (unpaired) electrons. The van der Waals surface area contributed by atoms with Crippen molar-refractivity contribution in [2.75, 3.05) is 0 Å². The van der Waals surface area contributed by atoms with Crippen molar-refractivity contribution in [3.05, 3.63) is 42.2 Å². The summed E-state index contributed by atoms with van der Waals surface area (Å²) < 4.78 is 7.50. The first-order chi connectivity index (χ1) is 8.69. The molecule has 92 valence electrons. The molecule has 0 N–H and O–H groups in total. The zero-order chi connectivity index (χ0) is 13.0. The molecule has 18 heavy (non-hydrogen) atoms. The lowest BCUT2D eigenvalue weighted by Gasteiger charge is -2.05. The third-order valence-electron chi connectivity index (χ3n) is 2.40. The second-order valence-corrected chi connectivity index (χ2v) is 4.50. The van der Waals surface area contributed by atoms with E-state index in [2.05, 4.69) is 25.0 Å². The molecule has 0 saturated carbocycles. The van der Waals surface area contributed by atoms with Crippen molar-refractivity contribution in [2.24, 2.45) is 5.92 Å². The van der Waals surface area contributed by atoms with Crippen LogP contribution in [-0.4, -0.2) is 9.78 Å². The minimum Gasteiger partial charge on any atom is -0.453 e. The Morgan fingerprint density at radius 3 is 2.89 bits per heavy atom. The fourth-order valence-electron chi connectivity index (χ4n) is 1.65. The molecule has 0 bridgehead atoms. The Balaban J connectivity index is 2.14. The summed E-state index contributed by atoms with van der Waals surface area (Å²) in [5.74, 6) is 1.74. The van der Waals surface area contributed by atoms with E-state index >= 15 is 0 Å². The van der Waals surface area contributed by atoms with E-state index in [1.807, 2.05) is 23.0 Å². The number of rotatable bonds is 4. The first-order valence-electron chi connectivity index (χ1n) is 5.88.